The number of amides is 2. The predicted octanol–water partition coefficient (Wildman–Crippen LogP) is 4.10. The summed E-state index contributed by atoms with van der Waals surface area (Å²) in [7, 11) is -16.5. The number of thioether (sulfide) groups is 1. The summed E-state index contributed by atoms with van der Waals surface area (Å²) >= 11 is 0.917. The van der Waals surface area contributed by atoms with E-state index in [1.165, 1.54) is 52.4 Å². The topological polar surface area (TPSA) is 384 Å². The predicted molar refractivity (Wildman–Crippen MR) is 257 cm³/mol. The van der Waals surface area contributed by atoms with Crippen molar-refractivity contribution in [2.24, 2.45) is 29.1 Å². The minimum absolute atomic E-state index is 0.0270. The summed E-state index contributed by atoms with van der Waals surface area (Å²) in [5, 5.41) is 36.8. The highest BCUT2D eigenvalue weighted by Crippen LogP contribution is 2.61. The number of nitrogen functional groups attached to an aromatic ring is 1. The molecule has 0 radical (unpaired) electrons. The van der Waals surface area contributed by atoms with Crippen LogP contribution in [-0.2, 0) is 50.7 Å². The number of hydrogen-bond donors (Lipinski definition) is 10. The van der Waals surface area contributed by atoms with Crippen LogP contribution in [0.5, 0.6) is 0 Å². The number of carbonyl (C=O) groups excluding carboxylic acids is 3. The summed E-state index contributed by atoms with van der Waals surface area (Å²) in [6.07, 6.45) is 2.02. The highest BCUT2D eigenvalue weighted by Gasteiger charge is 2.50. The number of aliphatic hydroxyl groups excluding tert-OH is 3. The van der Waals surface area contributed by atoms with Gasteiger partial charge in [0.05, 0.1) is 19.5 Å². The number of phosphoric acid groups is 3. The number of hydrogen-bond acceptors (Lipinski definition) is 19. The van der Waals surface area contributed by atoms with E-state index in [1.54, 1.807) is 0 Å². The molecule has 11 atom stereocenters. The molecule has 2 aromatic rings. The largest absolute Gasteiger partial charge is 0.481 e. The average Bonchev–Trinajstić information content (AvgIpc) is 3.82. The van der Waals surface area contributed by atoms with Crippen molar-refractivity contribution in [1.29, 1.82) is 0 Å². The zero-order valence-electron chi connectivity index (χ0n) is 40.8. The number of nitrogens with two attached hydrogens (primary N) is 1. The van der Waals surface area contributed by atoms with E-state index in [0.717, 1.165) is 60.1 Å². The number of nitrogens with zero attached hydrogens (tertiary/aromatic N) is 4. The molecule has 6 unspecified atom stereocenters. The Bertz CT molecular complexity index is 2130. The second-order valence-corrected chi connectivity index (χ2v) is 24.4. The first-order chi connectivity index (χ1) is 32.5. The van der Waals surface area contributed by atoms with Crippen molar-refractivity contribution in [2.45, 2.75) is 149 Å². The van der Waals surface area contributed by atoms with Crippen molar-refractivity contribution < 1.29 is 85.6 Å². The fourth-order valence-electron chi connectivity index (χ4n) is 7.52. The number of phosphoric ester groups is 3. The van der Waals surface area contributed by atoms with Crippen LogP contribution in [0.15, 0.2) is 12.7 Å². The van der Waals surface area contributed by atoms with E-state index in [9.17, 15) is 63.0 Å². The number of nitrogens with one attached hydrogen (secondary N) is 2. The van der Waals surface area contributed by atoms with Gasteiger partial charge in [0.15, 0.2) is 17.7 Å². The SMILES string of the molecule is CC(C)CCCC(C)CCCC(C)CCCC(C)C(O)C(=O)SCCNC(=O)CCNC(=O)[C@H](O)C(C)(C)COP(=O)(O)OP(=O)(O)OC[C@H]1O[C@@H](n2cnc3c(N)ncnc32)[C@H](O)[C@@H]1OP(=O)(O)O. The van der Waals surface area contributed by atoms with Crippen LogP contribution >= 0.6 is 35.2 Å². The molecule has 0 saturated carbocycles. The maximum Gasteiger partial charge on any atom is 0.481 e. The van der Waals surface area contributed by atoms with E-state index in [1.807, 2.05) is 6.92 Å². The Labute approximate surface area is 412 Å². The highest BCUT2D eigenvalue weighted by molar-refractivity contribution is 8.13. The van der Waals surface area contributed by atoms with Gasteiger partial charge in [-0.2, -0.15) is 4.31 Å². The van der Waals surface area contributed by atoms with Crippen molar-refractivity contribution in [3.63, 3.8) is 0 Å². The lowest BCUT2D eigenvalue weighted by Gasteiger charge is -2.30. The van der Waals surface area contributed by atoms with Crippen molar-refractivity contribution in [2.75, 3.05) is 37.8 Å². The van der Waals surface area contributed by atoms with Crippen molar-refractivity contribution in [3.05, 3.63) is 12.7 Å². The van der Waals surface area contributed by atoms with Gasteiger partial charge in [0, 0.05) is 30.7 Å². The van der Waals surface area contributed by atoms with Gasteiger partial charge in [-0.15, -0.1) is 0 Å². The number of anilines is 1. The third kappa shape index (κ3) is 21.2. The Balaban J connectivity index is 1.34. The molecule has 1 saturated heterocycles. The minimum Gasteiger partial charge on any atom is -0.386 e. The molecule has 1 aliphatic heterocycles. The van der Waals surface area contributed by atoms with Gasteiger partial charge in [-0.1, -0.05) is 112 Å². The lowest BCUT2D eigenvalue weighted by Crippen LogP contribution is -2.46. The summed E-state index contributed by atoms with van der Waals surface area (Å²) in [5.74, 6) is 0.563. The molecule has 29 heteroatoms. The molecule has 11 N–H and O–H groups in total. The van der Waals surface area contributed by atoms with Crippen LogP contribution in [0.2, 0.25) is 0 Å². The Morgan fingerprint density at radius 1 is 0.871 bits per heavy atom. The van der Waals surface area contributed by atoms with E-state index in [0.29, 0.717) is 5.92 Å². The van der Waals surface area contributed by atoms with Gasteiger partial charge in [0.1, 0.15) is 42.4 Å². The summed E-state index contributed by atoms with van der Waals surface area (Å²) in [5.41, 5.74) is 4.25. The molecule has 402 valence electrons. The Hall–Kier alpha value is -2.48. The van der Waals surface area contributed by atoms with E-state index in [2.05, 4.69) is 62.1 Å². The van der Waals surface area contributed by atoms with Crippen LogP contribution in [0, 0.1) is 29.1 Å². The van der Waals surface area contributed by atoms with Crippen LogP contribution in [-0.4, -0.2) is 134 Å². The molecule has 1 aliphatic rings. The molecular weight excluding hydrogens is 1000 g/mol. The fourth-order valence-corrected chi connectivity index (χ4v) is 11.2. The number of carbonyl (C=O) groups is 3. The second-order valence-electron chi connectivity index (χ2n) is 19.1. The van der Waals surface area contributed by atoms with Gasteiger partial charge in [-0.25, -0.2) is 28.6 Å². The van der Waals surface area contributed by atoms with Crippen LogP contribution < -0.4 is 16.4 Å². The summed E-state index contributed by atoms with van der Waals surface area (Å²) in [6.45, 7) is 11.3. The molecule has 0 bridgehead atoms. The van der Waals surface area contributed by atoms with Crippen LogP contribution in [0.4, 0.5) is 5.82 Å². The maximum absolute atomic E-state index is 12.8. The molecule has 3 heterocycles. The number of ether oxygens (including phenoxy) is 1. The Kier molecular flexibility index (Phi) is 25.0. The normalized spacial score (nSPS) is 21.7. The first-order valence-electron chi connectivity index (χ1n) is 23.3. The monoisotopic (exact) mass is 1080 g/mol. The van der Waals surface area contributed by atoms with Crippen LogP contribution in [0.25, 0.3) is 11.2 Å². The molecule has 2 amide bonds. The van der Waals surface area contributed by atoms with Crippen LogP contribution in [0.1, 0.15) is 119 Å². The van der Waals surface area contributed by atoms with Crippen molar-refractivity contribution in [1.82, 2.24) is 30.2 Å². The van der Waals surface area contributed by atoms with Gasteiger partial charge in [-0.3, -0.25) is 32.5 Å². The molecule has 70 heavy (non-hydrogen) atoms. The Morgan fingerprint density at radius 3 is 2.09 bits per heavy atom. The van der Waals surface area contributed by atoms with Gasteiger partial charge in [0.25, 0.3) is 0 Å². The van der Waals surface area contributed by atoms with Crippen molar-refractivity contribution >= 4 is 69.1 Å². The van der Waals surface area contributed by atoms with Gasteiger partial charge in [0.2, 0.25) is 16.9 Å². The minimum atomic E-state index is -5.59. The molecule has 0 aromatic carbocycles. The number of aliphatic hydroxyl groups is 3. The second kappa shape index (κ2) is 28.3. The van der Waals surface area contributed by atoms with E-state index in [-0.39, 0.29) is 53.3 Å². The molecule has 25 nitrogen and oxygen atoms in total. The summed E-state index contributed by atoms with van der Waals surface area (Å²) in [6, 6.07) is 0. The van der Waals surface area contributed by atoms with E-state index < -0.39 is 90.7 Å². The molecular formula is C41H74N7O18P3S. The standard InChI is InChI=1S/C41H74N7O18P3S/c1-25(2)11-8-12-26(3)13-9-14-27(4)15-10-16-28(5)32(50)40(54)70-20-19-43-30(49)17-18-44-38(53)35(52)41(6,7)22-63-69(60,61)66-68(58,59)62-21-29-34(65-67(55,56)57)33(51)39(64-29)48-24-47-31-36(42)45-23-46-37(31)48/h23-29,32-35,39,50-52H,8-22H2,1-7H3,(H,43,49)(H,44,53)(H,58,59)(H,60,61)(H2,42,45,46)(H2,55,56,57)/t26?,27?,28?,29-,32?,33-,34-,35+,39-/m1/s1. The third-order valence-electron chi connectivity index (χ3n) is 11.8. The zero-order chi connectivity index (χ0) is 52.6. The summed E-state index contributed by atoms with van der Waals surface area (Å²) < 4.78 is 62.5. The number of imidazole rings is 1. The molecule has 3 rings (SSSR count). The average molecular weight is 1080 g/mol. The van der Waals surface area contributed by atoms with Crippen molar-refractivity contribution in [3.8, 4) is 0 Å². The number of aromatic nitrogens is 4. The molecule has 2 aromatic heterocycles. The quantitative estimate of drug-likeness (QED) is 0.0355. The third-order valence-corrected chi connectivity index (χ3v) is 15.8. The van der Waals surface area contributed by atoms with Gasteiger partial charge >= 0.3 is 23.5 Å². The maximum atomic E-state index is 12.8. The zero-order valence-corrected chi connectivity index (χ0v) is 44.3. The highest BCUT2D eigenvalue weighted by atomic mass is 32.2. The first-order valence-corrected chi connectivity index (χ1v) is 28.8. The number of fused-ring (bicyclic) bond motifs is 1. The lowest BCUT2D eigenvalue weighted by atomic mass is 9.87. The smallest absolute Gasteiger partial charge is 0.386 e. The molecule has 1 fully saturated rings. The van der Waals surface area contributed by atoms with Gasteiger partial charge in [-0.05, 0) is 30.1 Å². The lowest BCUT2D eigenvalue weighted by molar-refractivity contribution is -0.137. The number of rotatable bonds is 33. The van der Waals surface area contributed by atoms with Crippen LogP contribution in [0.3, 0.4) is 0 Å². The molecule has 0 spiro atoms. The first kappa shape index (κ1) is 61.8. The van der Waals surface area contributed by atoms with E-state index in [4.69, 9.17) is 19.5 Å². The summed E-state index contributed by atoms with van der Waals surface area (Å²) in [4.78, 5) is 89.0. The molecule has 0 aliphatic carbocycles. The Morgan fingerprint density at radius 2 is 1.47 bits per heavy atom. The van der Waals surface area contributed by atoms with Gasteiger partial charge < -0.3 is 56.0 Å². The van der Waals surface area contributed by atoms with E-state index >= 15 is 0 Å². The fraction of sp³-hybridized carbons (Fsp3) is 0.805.